The monoisotopic (exact) mass is 462 g/mol. The van der Waals surface area contributed by atoms with Crippen molar-refractivity contribution < 1.29 is 13.2 Å². The molecule has 0 heterocycles. The average Bonchev–Trinajstić information content (AvgIpc) is 2.71. The van der Waals surface area contributed by atoms with Gasteiger partial charge >= 0.3 is 0 Å². The second kappa shape index (κ2) is 9.62. The highest BCUT2D eigenvalue weighted by atomic mass is 35.5. The Hall–Kier alpha value is -2.38. The number of carbonyl (C=O) groups excluding carboxylic acids is 1. The minimum absolute atomic E-state index is 0.0119. The minimum Gasteiger partial charge on any atom is -0.326 e. The lowest BCUT2D eigenvalue weighted by molar-refractivity contribution is -0.117. The van der Waals surface area contributed by atoms with Crippen molar-refractivity contribution in [2.24, 2.45) is 5.73 Å². The van der Waals surface area contributed by atoms with Crippen LogP contribution in [-0.4, -0.2) is 14.2 Å². The molecular weight excluding hydrogens is 443 g/mol. The molecule has 8 heteroatoms. The molecule has 0 saturated heterocycles. The molecule has 0 aliphatic heterocycles. The van der Waals surface area contributed by atoms with Crippen LogP contribution >= 0.6 is 23.2 Å². The molecule has 0 amide bonds. The lowest BCUT2D eigenvalue weighted by atomic mass is 10.0. The average molecular weight is 463 g/mol. The Balaban J connectivity index is 1.64. The smallest absolute Gasteiger partial charge is 0.261 e. The molecule has 3 aromatic carbocycles. The number of carbonyl (C=O) groups is 1. The van der Waals surface area contributed by atoms with Crippen molar-refractivity contribution in [1.82, 2.24) is 0 Å². The Bertz CT molecular complexity index is 1150. The maximum absolute atomic E-state index is 12.6. The van der Waals surface area contributed by atoms with E-state index in [4.69, 9.17) is 28.9 Å². The maximum Gasteiger partial charge on any atom is 0.261 e. The highest BCUT2D eigenvalue weighted by molar-refractivity contribution is 7.92. The van der Waals surface area contributed by atoms with Crippen LogP contribution < -0.4 is 10.5 Å². The Morgan fingerprint density at radius 1 is 0.800 bits per heavy atom. The zero-order chi connectivity index (χ0) is 21.7. The summed E-state index contributed by atoms with van der Waals surface area (Å²) in [7, 11) is -3.73. The second-order valence-corrected chi connectivity index (χ2v) is 9.29. The van der Waals surface area contributed by atoms with E-state index in [1.165, 1.54) is 12.1 Å². The van der Waals surface area contributed by atoms with Crippen molar-refractivity contribution in [3.8, 4) is 0 Å². The predicted molar refractivity (Wildman–Crippen MR) is 120 cm³/mol. The third-order valence-corrected chi connectivity index (χ3v) is 6.60. The van der Waals surface area contributed by atoms with Gasteiger partial charge in [0, 0.05) is 25.1 Å². The summed E-state index contributed by atoms with van der Waals surface area (Å²) in [5, 5.41) is 0.843. The number of benzene rings is 3. The number of Topliss-reactive ketones (excluding diaryl/α,β-unsaturated/α-hetero) is 1. The van der Waals surface area contributed by atoms with Crippen molar-refractivity contribution in [1.29, 1.82) is 0 Å². The van der Waals surface area contributed by atoms with Gasteiger partial charge in [0.05, 0.1) is 14.9 Å². The van der Waals surface area contributed by atoms with Gasteiger partial charge in [-0.05, 0) is 53.1 Å². The molecule has 0 bridgehead atoms. The van der Waals surface area contributed by atoms with Crippen LogP contribution in [0.2, 0.25) is 10.0 Å². The summed E-state index contributed by atoms with van der Waals surface area (Å²) in [5.41, 5.74) is 8.41. The number of rotatable bonds is 8. The van der Waals surface area contributed by atoms with Gasteiger partial charge in [-0.3, -0.25) is 9.52 Å². The topological polar surface area (TPSA) is 89.3 Å². The van der Waals surface area contributed by atoms with Gasteiger partial charge in [-0.25, -0.2) is 8.42 Å². The number of hydrogen-bond acceptors (Lipinski definition) is 4. The fourth-order valence-corrected chi connectivity index (χ4v) is 4.26. The van der Waals surface area contributed by atoms with Gasteiger partial charge in [-0.15, -0.1) is 0 Å². The summed E-state index contributed by atoms with van der Waals surface area (Å²) in [5.74, 6) is -0.0119. The van der Waals surface area contributed by atoms with Gasteiger partial charge in [-0.1, -0.05) is 53.5 Å². The molecule has 3 rings (SSSR count). The van der Waals surface area contributed by atoms with Crippen LogP contribution in [-0.2, 0) is 34.2 Å². The predicted octanol–water partition coefficient (Wildman–Crippen LogP) is 4.61. The molecule has 0 aliphatic rings. The van der Waals surface area contributed by atoms with Crippen LogP contribution in [0.1, 0.15) is 16.7 Å². The van der Waals surface area contributed by atoms with E-state index in [9.17, 15) is 13.2 Å². The molecule has 30 heavy (non-hydrogen) atoms. The fraction of sp³-hybridized carbons (Fsp3) is 0.136. The lowest BCUT2D eigenvalue weighted by Crippen LogP contribution is -2.13. The lowest BCUT2D eigenvalue weighted by Gasteiger charge is -2.09. The number of nitrogens with one attached hydrogen (secondary N) is 1. The van der Waals surface area contributed by atoms with Gasteiger partial charge in [0.15, 0.2) is 0 Å². The van der Waals surface area contributed by atoms with Crippen molar-refractivity contribution >= 4 is 44.7 Å². The molecule has 0 aromatic heterocycles. The number of halogens is 2. The normalized spacial score (nSPS) is 11.3. The third kappa shape index (κ3) is 5.83. The molecule has 0 spiro atoms. The fourth-order valence-electron chi connectivity index (χ4n) is 2.88. The van der Waals surface area contributed by atoms with E-state index in [2.05, 4.69) is 4.72 Å². The van der Waals surface area contributed by atoms with Crippen LogP contribution in [0.4, 0.5) is 5.69 Å². The van der Waals surface area contributed by atoms with Crippen LogP contribution in [0.25, 0.3) is 0 Å². The van der Waals surface area contributed by atoms with Crippen LogP contribution in [0.3, 0.4) is 0 Å². The first kappa shape index (κ1) is 22.3. The summed E-state index contributed by atoms with van der Waals surface area (Å²) in [6, 6.07) is 18.2. The highest BCUT2D eigenvalue weighted by Gasteiger charge is 2.15. The SMILES string of the molecule is NCc1ccc(NS(=O)(=O)c2ccc(CC(=O)Cc3ccc(Cl)c(Cl)c3)cc2)cc1. The summed E-state index contributed by atoms with van der Waals surface area (Å²) in [6.07, 6.45) is 0.409. The number of nitrogens with two attached hydrogens (primary N) is 1. The van der Waals surface area contributed by atoms with E-state index in [0.717, 1.165) is 16.7 Å². The van der Waals surface area contributed by atoms with Gasteiger partial charge < -0.3 is 5.73 Å². The molecule has 0 atom stereocenters. The van der Waals surface area contributed by atoms with E-state index in [0.29, 0.717) is 22.3 Å². The molecule has 0 unspecified atom stereocenters. The van der Waals surface area contributed by atoms with Gasteiger partial charge in [-0.2, -0.15) is 0 Å². The Kier molecular flexibility index (Phi) is 7.15. The van der Waals surface area contributed by atoms with Crippen LogP contribution in [0, 0.1) is 0 Å². The zero-order valence-corrected chi connectivity index (χ0v) is 18.3. The number of anilines is 1. The summed E-state index contributed by atoms with van der Waals surface area (Å²) in [6.45, 7) is 0.387. The van der Waals surface area contributed by atoms with Gasteiger partial charge in [0.1, 0.15) is 5.78 Å². The molecule has 0 radical (unpaired) electrons. The van der Waals surface area contributed by atoms with E-state index >= 15 is 0 Å². The molecule has 0 fully saturated rings. The van der Waals surface area contributed by atoms with E-state index in [-0.39, 0.29) is 23.5 Å². The second-order valence-electron chi connectivity index (χ2n) is 6.79. The Labute approximate surface area is 185 Å². The Morgan fingerprint density at radius 3 is 1.97 bits per heavy atom. The van der Waals surface area contributed by atoms with E-state index < -0.39 is 10.0 Å². The molecule has 5 nitrogen and oxygen atoms in total. The van der Waals surface area contributed by atoms with E-state index in [1.54, 1.807) is 54.6 Å². The summed E-state index contributed by atoms with van der Waals surface area (Å²) >= 11 is 11.9. The Morgan fingerprint density at radius 2 is 1.37 bits per heavy atom. The quantitative estimate of drug-likeness (QED) is 0.511. The van der Waals surface area contributed by atoms with Crippen molar-refractivity contribution in [2.75, 3.05) is 4.72 Å². The number of sulfonamides is 1. The van der Waals surface area contributed by atoms with Crippen LogP contribution in [0.15, 0.2) is 71.6 Å². The van der Waals surface area contributed by atoms with Gasteiger partial charge in [0.2, 0.25) is 0 Å². The van der Waals surface area contributed by atoms with Crippen molar-refractivity contribution in [2.45, 2.75) is 24.3 Å². The first-order chi connectivity index (χ1) is 14.3. The number of ketones is 1. The standard InChI is InChI=1S/C22H20Cl2N2O3S/c23-21-10-5-17(13-22(21)24)12-19(27)11-15-3-8-20(9-4-15)30(28,29)26-18-6-1-16(14-25)2-7-18/h1-10,13,26H,11-12,14,25H2. The molecule has 0 saturated carbocycles. The zero-order valence-electron chi connectivity index (χ0n) is 15.9. The first-order valence-corrected chi connectivity index (χ1v) is 11.4. The van der Waals surface area contributed by atoms with Crippen molar-refractivity contribution in [3.05, 3.63) is 93.5 Å². The maximum atomic E-state index is 12.6. The third-order valence-electron chi connectivity index (χ3n) is 4.46. The van der Waals surface area contributed by atoms with Gasteiger partial charge in [0.25, 0.3) is 10.0 Å². The van der Waals surface area contributed by atoms with E-state index in [1.807, 2.05) is 0 Å². The molecular formula is C22H20Cl2N2O3S. The largest absolute Gasteiger partial charge is 0.326 e. The molecule has 3 N–H and O–H groups in total. The first-order valence-electron chi connectivity index (χ1n) is 9.13. The number of hydrogen-bond donors (Lipinski definition) is 2. The molecule has 3 aromatic rings. The minimum atomic E-state index is -3.73. The van der Waals surface area contributed by atoms with Crippen molar-refractivity contribution in [3.63, 3.8) is 0 Å². The summed E-state index contributed by atoms with van der Waals surface area (Å²) in [4.78, 5) is 12.5. The highest BCUT2D eigenvalue weighted by Crippen LogP contribution is 2.23. The summed E-state index contributed by atoms with van der Waals surface area (Å²) < 4.78 is 27.7. The molecule has 156 valence electrons. The molecule has 0 aliphatic carbocycles. The van der Waals surface area contributed by atoms with Crippen LogP contribution in [0.5, 0.6) is 0 Å².